The first kappa shape index (κ1) is 25.2. The van der Waals surface area contributed by atoms with E-state index >= 15 is 0 Å². The number of unbranched alkanes of at least 4 members (excludes halogenated alkanes) is 1. The molecule has 5 rings (SSSR count). The maximum atomic E-state index is 14.1. The zero-order valence-electron chi connectivity index (χ0n) is 21.3. The number of carbonyl (C=O) groups excluding carboxylic acids is 2. The minimum Gasteiger partial charge on any atom is -0.343 e. The summed E-state index contributed by atoms with van der Waals surface area (Å²) >= 11 is 6.23. The number of nitrogens with zero attached hydrogens (tertiary/aromatic N) is 6. The summed E-state index contributed by atoms with van der Waals surface area (Å²) in [5.41, 5.74) is 2.83. The van der Waals surface area contributed by atoms with Gasteiger partial charge in [-0.1, -0.05) is 25.4 Å². The molecule has 8 nitrogen and oxygen atoms in total. The number of imidazole rings is 1. The van der Waals surface area contributed by atoms with Gasteiger partial charge in [0.25, 0.3) is 0 Å². The molecule has 0 atom stereocenters. The molecular weight excluding hydrogens is 488 g/mol. The van der Waals surface area contributed by atoms with Crippen molar-refractivity contribution in [2.45, 2.75) is 64.5 Å². The highest BCUT2D eigenvalue weighted by Gasteiger charge is 2.52. The summed E-state index contributed by atoms with van der Waals surface area (Å²) in [5.74, 6) is 1.26. The Morgan fingerprint density at radius 2 is 2.03 bits per heavy atom. The number of fused-ring (bicyclic) bond motifs is 3. The number of aryl methyl sites for hydroxylation is 1. The van der Waals surface area contributed by atoms with Crippen molar-refractivity contribution in [1.29, 1.82) is 5.26 Å². The Bertz CT molecular complexity index is 1380. The maximum absolute atomic E-state index is 14.1. The van der Waals surface area contributed by atoms with E-state index in [-0.39, 0.29) is 11.8 Å². The summed E-state index contributed by atoms with van der Waals surface area (Å²) in [5, 5.41) is 9.65. The Balaban J connectivity index is 1.45. The van der Waals surface area contributed by atoms with Gasteiger partial charge in [0.1, 0.15) is 5.82 Å². The highest BCUT2D eigenvalue weighted by Crippen LogP contribution is 2.48. The van der Waals surface area contributed by atoms with Crippen molar-refractivity contribution < 1.29 is 9.59 Å². The van der Waals surface area contributed by atoms with E-state index in [4.69, 9.17) is 21.8 Å². The molecule has 1 saturated heterocycles. The summed E-state index contributed by atoms with van der Waals surface area (Å²) in [6.07, 6.45) is 6.35. The average Bonchev–Trinajstić information content (AvgIpc) is 3.32. The molecule has 1 spiro atoms. The van der Waals surface area contributed by atoms with Crippen LogP contribution in [0.4, 0.5) is 5.69 Å². The lowest BCUT2D eigenvalue weighted by atomic mass is 9.74. The van der Waals surface area contributed by atoms with Gasteiger partial charge in [-0.2, -0.15) is 5.26 Å². The van der Waals surface area contributed by atoms with Crippen LogP contribution in [-0.4, -0.2) is 44.3 Å². The zero-order chi connectivity index (χ0) is 26.2. The zero-order valence-corrected chi connectivity index (χ0v) is 22.0. The number of likely N-dealkylation sites (tertiary alicyclic amines) is 1. The SMILES string of the molecule is CC(C)CC(=O)N1CCC2(CC1)C(=O)N(Cc1nc3cc(Cl)ccc3n1CCCC#N)c1cnccc12. The van der Waals surface area contributed by atoms with E-state index in [1.165, 1.54) is 0 Å². The highest BCUT2D eigenvalue weighted by atomic mass is 35.5. The van der Waals surface area contributed by atoms with E-state index in [1.54, 1.807) is 17.3 Å². The molecule has 0 bridgehead atoms. The molecule has 192 valence electrons. The number of benzene rings is 1. The second-order valence-corrected chi connectivity index (χ2v) is 10.9. The van der Waals surface area contributed by atoms with E-state index in [0.29, 0.717) is 69.2 Å². The van der Waals surface area contributed by atoms with Crippen LogP contribution in [0.15, 0.2) is 36.7 Å². The second-order valence-electron chi connectivity index (χ2n) is 10.4. The lowest BCUT2D eigenvalue weighted by molar-refractivity contribution is -0.136. The monoisotopic (exact) mass is 518 g/mol. The molecular formula is C28H31ClN6O2. The van der Waals surface area contributed by atoms with Crippen LogP contribution in [-0.2, 0) is 28.1 Å². The van der Waals surface area contributed by atoms with Crippen LogP contribution in [0.5, 0.6) is 0 Å². The Morgan fingerprint density at radius 1 is 1.24 bits per heavy atom. The molecule has 3 aromatic rings. The van der Waals surface area contributed by atoms with Crippen LogP contribution in [0.1, 0.15) is 57.3 Å². The van der Waals surface area contributed by atoms with Crippen LogP contribution < -0.4 is 4.90 Å². The van der Waals surface area contributed by atoms with Gasteiger partial charge < -0.3 is 14.4 Å². The van der Waals surface area contributed by atoms with Gasteiger partial charge in [-0.25, -0.2) is 4.98 Å². The second kappa shape index (κ2) is 10.1. The van der Waals surface area contributed by atoms with Crippen molar-refractivity contribution in [1.82, 2.24) is 19.4 Å². The minimum atomic E-state index is -0.659. The number of amides is 2. The molecule has 2 amide bonds. The Labute approximate surface area is 221 Å². The first-order valence-electron chi connectivity index (χ1n) is 12.9. The van der Waals surface area contributed by atoms with E-state index in [0.717, 1.165) is 28.1 Å². The first-order chi connectivity index (χ1) is 17.8. The van der Waals surface area contributed by atoms with Crippen molar-refractivity contribution in [3.63, 3.8) is 0 Å². The molecule has 4 heterocycles. The molecule has 0 saturated carbocycles. The van der Waals surface area contributed by atoms with Gasteiger partial charge in [0.15, 0.2) is 0 Å². The van der Waals surface area contributed by atoms with Crippen LogP contribution in [0.25, 0.3) is 11.0 Å². The Morgan fingerprint density at radius 3 is 2.76 bits per heavy atom. The molecule has 0 N–H and O–H groups in total. The predicted octanol–water partition coefficient (Wildman–Crippen LogP) is 4.84. The summed E-state index contributed by atoms with van der Waals surface area (Å²) in [4.78, 5) is 39.7. The molecule has 1 fully saturated rings. The van der Waals surface area contributed by atoms with E-state index in [1.807, 2.05) is 43.0 Å². The van der Waals surface area contributed by atoms with Gasteiger partial charge in [0.05, 0.1) is 40.9 Å². The van der Waals surface area contributed by atoms with Crippen molar-refractivity contribution in [2.24, 2.45) is 5.92 Å². The smallest absolute Gasteiger partial charge is 0.238 e. The van der Waals surface area contributed by atoms with Crippen molar-refractivity contribution in [3.05, 3.63) is 53.1 Å². The normalized spacial score (nSPS) is 16.6. The number of piperidine rings is 1. The van der Waals surface area contributed by atoms with Gasteiger partial charge in [-0.3, -0.25) is 14.6 Å². The Kier molecular flexibility index (Phi) is 6.91. The quantitative estimate of drug-likeness (QED) is 0.417. The van der Waals surface area contributed by atoms with Crippen molar-refractivity contribution >= 4 is 40.1 Å². The standard InChI is InChI=1S/C28H31ClN6O2/c1-19(2)15-26(36)33-13-8-28(9-14-33)21-7-11-31-17-24(21)35(27(28)37)18-25-32-22-16-20(29)5-6-23(22)34(25)12-4-3-10-30/h5-7,11,16-17,19H,3-4,8-9,12-15,18H2,1-2H3. The molecule has 0 radical (unpaired) electrons. The third-order valence-corrected chi connectivity index (χ3v) is 7.81. The number of carbonyl (C=O) groups is 2. The molecule has 0 aliphatic carbocycles. The van der Waals surface area contributed by atoms with Gasteiger partial charge in [0.2, 0.25) is 11.8 Å². The number of nitriles is 1. The molecule has 2 aliphatic rings. The van der Waals surface area contributed by atoms with E-state index < -0.39 is 5.41 Å². The number of rotatable bonds is 7. The summed E-state index contributed by atoms with van der Waals surface area (Å²) < 4.78 is 2.09. The maximum Gasteiger partial charge on any atom is 0.238 e. The van der Waals surface area contributed by atoms with Crippen LogP contribution in [0.2, 0.25) is 5.02 Å². The summed E-state index contributed by atoms with van der Waals surface area (Å²) in [6.45, 7) is 6.16. The lowest BCUT2D eigenvalue weighted by Crippen LogP contribution is -2.50. The topological polar surface area (TPSA) is 95.1 Å². The number of pyridine rings is 1. The predicted molar refractivity (Wildman–Crippen MR) is 142 cm³/mol. The number of hydrogen-bond donors (Lipinski definition) is 0. The molecule has 2 aromatic heterocycles. The van der Waals surface area contributed by atoms with Gasteiger partial charge in [-0.15, -0.1) is 0 Å². The summed E-state index contributed by atoms with van der Waals surface area (Å²) in [6, 6.07) is 9.76. The lowest BCUT2D eigenvalue weighted by Gasteiger charge is -2.38. The molecule has 37 heavy (non-hydrogen) atoms. The van der Waals surface area contributed by atoms with Crippen molar-refractivity contribution in [2.75, 3.05) is 18.0 Å². The summed E-state index contributed by atoms with van der Waals surface area (Å²) in [7, 11) is 0. The number of hydrogen-bond acceptors (Lipinski definition) is 5. The van der Waals surface area contributed by atoms with Gasteiger partial charge in [0, 0.05) is 43.7 Å². The number of anilines is 1. The number of halogens is 1. The highest BCUT2D eigenvalue weighted by molar-refractivity contribution is 6.31. The third kappa shape index (κ3) is 4.57. The first-order valence-corrected chi connectivity index (χ1v) is 13.3. The average molecular weight is 519 g/mol. The van der Waals surface area contributed by atoms with Crippen LogP contribution in [0, 0.1) is 17.2 Å². The Hall–Kier alpha value is -3.44. The van der Waals surface area contributed by atoms with Gasteiger partial charge in [-0.05, 0) is 55.0 Å². The largest absolute Gasteiger partial charge is 0.343 e. The van der Waals surface area contributed by atoms with Gasteiger partial charge >= 0.3 is 0 Å². The van der Waals surface area contributed by atoms with E-state index in [9.17, 15) is 9.59 Å². The fourth-order valence-electron chi connectivity index (χ4n) is 5.73. The third-order valence-electron chi connectivity index (χ3n) is 7.57. The van der Waals surface area contributed by atoms with Crippen molar-refractivity contribution in [3.8, 4) is 6.07 Å². The fourth-order valence-corrected chi connectivity index (χ4v) is 5.89. The van der Waals surface area contributed by atoms with Crippen LogP contribution >= 0.6 is 11.6 Å². The molecule has 2 aliphatic heterocycles. The van der Waals surface area contributed by atoms with E-state index in [2.05, 4.69) is 15.6 Å². The fraction of sp³-hybridized carbons (Fsp3) is 0.464. The molecule has 0 unspecified atom stereocenters. The number of aromatic nitrogens is 3. The molecule has 9 heteroatoms. The molecule has 1 aromatic carbocycles. The van der Waals surface area contributed by atoms with Crippen LogP contribution in [0.3, 0.4) is 0 Å². The minimum absolute atomic E-state index is 0.0418.